The summed E-state index contributed by atoms with van der Waals surface area (Å²) < 4.78 is 4.26. The van der Waals surface area contributed by atoms with E-state index in [-0.39, 0.29) is 6.54 Å². The molecule has 0 aromatic rings. The molecule has 5 nitrogen and oxygen atoms in total. The van der Waals surface area contributed by atoms with Crippen LogP contribution in [0.1, 0.15) is 13.3 Å². The number of nitrogens with two attached hydrogens (primary N) is 1. The second kappa shape index (κ2) is 6.75. The van der Waals surface area contributed by atoms with Crippen molar-refractivity contribution in [1.82, 2.24) is 5.32 Å². The highest BCUT2D eigenvalue weighted by Gasteiger charge is 2.03. The molecule has 0 rings (SSSR count). The Hall–Kier alpha value is -0.940. The molecule has 0 saturated heterocycles. The number of carbonyl (C=O) groups is 2. The van der Waals surface area contributed by atoms with Crippen LogP contribution in [-0.2, 0) is 14.3 Å². The average Bonchev–Trinajstić information content (AvgIpc) is 1.97. The first-order valence-electron chi connectivity index (χ1n) is 3.79. The van der Waals surface area contributed by atoms with E-state index >= 15 is 0 Å². The SMILES string of the molecule is CC(=O)OC(=O)CNCCCN. The van der Waals surface area contributed by atoms with Gasteiger partial charge in [-0.15, -0.1) is 0 Å². The van der Waals surface area contributed by atoms with Crippen molar-refractivity contribution >= 4 is 11.9 Å². The summed E-state index contributed by atoms with van der Waals surface area (Å²) in [6.45, 7) is 2.48. The fourth-order valence-corrected chi connectivity index (χ4v) is 0.614. The Kier molecular flexibility index (Phi) is 6.22. The van der Waals surface area contributed by atoms with Crippen LogP contribution in [0.25, 0.3) is 0 Å². The minimum atomic E-state index is -0.583. The summed E-state index contributed by atoms with van der Waals surface area (Å²) in [4.78, 5) is 20.9. The summed E-state index contributed by atoms with van der Waals surface area (Å²) in [5.41, 5.74) is 5.22. The maximum absolute atomic E-state index is 10.7. The zero-order valence-corrected chi connectivity index (χ0v) is 7.13. The molecule has 0 aromatic carbocycles. The third kappa shape index (κ3) is 7.17. The molecule has 0 aliphatic carbocycles. The largest absolute Gasteiger partial charge is 0.392 e. The van der Waals surface area contributed by atoms with Gasteiger partial charge in [0.25, 0.3) is 0 Å². The summed E-state index contributed by atoms with van der Waals surface area (Å²) in [6.07, 6.45) is 0.799. The monoisotopic (exact) mass is 174 g/mol. The number of carbonyl (C=O) groups excluding carboxylic acids is 2. The van der Waals surface area contributed by atoms with Gasteiger partial charge in [-0.2, -0.15) is 0 Å². The molecule has 0 spiro atoms. The van der Waals surface area contributed by atoms with Crippen molar-refractivity contribution in [2.75, 3.05) is 19.6 Å². The zero-order valence-electron chi connectivity index (χ0n) is 7.13. The Balaban J connectivity index is 3.26. The molecule has 0 bridgehead atoms. The molecule has 0 radical (unpaired) electrons. The van der Waals surface area contributed by atoms with E-state index in [0.717, 1.165) is 6.42 Å². The molecule has 0 saturated carbocycles. The van der Waals surface area contributed by atoms with E-state index in [2.05, 4.69) is 10.1 Å². The van der Waals surface area contributed by atoms with Gasteiger partial charge in [0.2, 0.25) is 0 Å². The second-order valence-electron chi connectivity index (χ2n) is 2.28. The molecule has 0 aromatic heterocycles. The summed E-state index contributed by atoms with van der Waals surface area (Å²) in [7, 11) is 0. The van der Waals surface area contributed by atoms with E-state index in [1.807, 2.05) is 0 Å². The third-order valence-corrected chi connectivity index (χ3v) is 1.08. The van der Waals surface area contributed by atoms with Gasteiger partial charge in [-0.1, -0.05) is 0 Å². The van der Waals surface area contributed by atoms with Gasteiger partial charge in [0.15, 0.2) is 0 Å². The van der Waals surface area contributed by atoms with Crippen LogP contribution in [0.5, 0.6) is 0 Å². The molecule has 0 fully saturated rings. The predicted molar refractivity (Wildman–Crippen MR) is 43.3 cm³/mol. The van der Waals surface area contributed by atoms with Crippen LogP contribution in [0.3, 0.4) is 0 Å². The van der Waals surface area contributed by atoms with Gasteiger partial charge in [0.1, 0.15) is 0 Å². The Labute approximate surface area is 71.3 Å². The van der Waals surface area contributed by atoms with Crippen molar-refractivity contribution < 1.29 is 14.3 Å². The van der Waals surface area contributed by atoms with Crippen molar-refractivity contribution in [2.24, 2.45) is 5.73 Å². The van der Waals surface area contributed by atoms with Crippen LogP contribution in [0.15, 0.2) is 0 Å². The van der Waals surface area contributed by atoms with Gasteiger partial charge in [-0.25, -0.2) is 0 Å². The zero-order chi connectivity index (χ0) is 9.40. The molecule has 5 heteroatoms. The van der Waals surface area contributed by atoms with Crippen LogP contribution in [-0.4, -0.2) is 31.6 Å². The maximum atomic E-state index is 10.7. The van der Waals surface area contributed by atoms with Crippen molar-refractivity contribution in [1.29, 1.82) is 0 Å². The Morgan fingerprint density at radius 1 is 1.50 bits per heavy atom. The van der Waals surface area contributed by atoms with Crippen LogP contribution >= 0.6 is 0 Å². The number of hydrogen-bond donors (Lipinski definition) is 2. The summed E-state index contributed by atoms with van der Waals surface area (Å²) in [5, 5.41) is 2.78. The quantitative estimate of drug-likeness (QED) is 0.318. The second-order valence-corrected chi connectivity index (χ2v) is 2.28. The molecule has 0 aliphatic heterocycles. The smallest absolute Gasteiger partial charge is 0.327 e. The normalized spacial score (nSPS) is 9.50. The first-order valence-corrected chi connectivity index (χ1v) is 3.79. The lowest BCUT2D eigenvalue weighted by atomic mass is 10.4. The molecule has 0 atom stereocenters. The van der Waals surface area contributed by atoms with Gasteiger partial charge >= 0.3 is 11.9 Å². The standard InChI is InChI=1S/C7H14N2O3/c1-6(10)12-7(11)5-9-4-2-3-8/h9H,2-5,8H2,1H3. The first-order chi connectivity index (χ1) is 5.66. The van der Waals surface area contributed by atoms with E-state index in [4.69, 9.17) is 5.73 Å². The minimum Gasteiger partial charge on any atom is -0.392 e. The topological polar surface area (TPSA) is 81.4 Å². The van der Waals surface area contributed by atoms with E-state index in [0.29, 0.717) is 13.1 Å². The van der Waals surface area contributed by atoms with Crippen molar-refractivity contribution in [3.63, 3.8) is 0 Å². The number of nitrogens with one attached hydrogen (secondary N) is 1. The molecule has 12 heavy (non-hydrogen) atoms. The Bertz CT molecular complexity index is 159. The predicted octanol–water partition coefficient (Wildman–Crippen LogP) is -0.985. The maximum Gasteiger partial charge on any atom is 0.327 e. The van der Waals surface area contributed by atoms with Crippen molar-refractivity contribution in [3.8, 4) is 0 Å². The van der Waals surface area contributed by atoms with Crippen LogP contribution in [0, 0.1) is 0 Å². The lowest BCUT2D eigenvalue weighted by Gasteiger charge is -2.01. The lowest BCUT2D eigenvalue weighted by Crippen LogP contribution is -2.27. The average molecular weight is 174 g/mol. The molecule has 0 unspecified atom stereocenters. The van der Waals surface area contributed by atoms with Crippen molar-refractivity contribution in [3.05, 3.63) is 0 Å². The third-order valence-electron chi connectivity index (χ3n) is 1.08. The number of esters is 2. The van der Waals surface area contributed by atoms with Gasteiger partial charge in [0.05, 0.1) is 6.54 Å². The Morgan fingerprint density at radius 2 is 2.17 bits per heavy atom. The number of ether oxygens (including phenoxy) is 1. The van der Waals surface area contributed by atoms with Crippen LogP contribution < -0.4 is 11.1 Å². The van der Waals surface area contributed by atoms with E-state index in [9.17, 15) is 9.59 Å². The van der Waals surface area contributed by atoms with Gasteiger partial charge in [-0.05, 0) is 19.5 Å². The van der Waals surface area contributed by atoms with Crippen LogP contribution in [0.2, 0.25) is 0 Å². The molecule has 70 valence electrons. The lowest BCUT2D eigenvalue weighted by molar-refractivity contribution is -0.157. The summed E-state index contributed by atoms with van der Waals surface area (Å²) in [6, 6.07) is 0. The van der Waals surface area contributed by atoms with E-state index in [1.54, 1.807) is 0 Å². The highest BCUT2D eigenvalue weighted by Crippen LogP contribution is 1.78. The minimum absolute atomic E-state index is 0.0551. The molecule has 3 N–H and O–H groups in total. The van der Waals surface area contributed by atoms with Crippen LogP contribution in [0.4, 0.5) is 0 Å². The van der Waals surface area contributed by atoms with Crippen molar-refractivity contribution in [2.45, 2.75) is 13.3 Å². The molecular weight excluding hydrogens is 160 g/mol. The first kappa shape index (κ1) is 11.1. The summed E-state index contributed by atoms with van der Waals surface area (Å²) in [5.74, 6) is -1.14. The number of hydrogen-bond acceptors (Lipinski definition) is 5. The fourth-order valence-electron chi connectivity index (χ4n) is 0.614. The van der Waals surface area contributed by atoms with E-state index in [1.165, 1.54) is 6.92 Å². The summed E-state index contributed by atoms with van der Waals surface area (Å²) >= 11 is 0. The van der Waals surface area contributed by atoms with Gasteiger partial charge in [-0.3, -0.25) is 9.59 Å². The van der Waals surface area contributed by atoms with Gasteiger partial charge in [0, 0.05) is 6.92 Å². The molecule has 0 aliphatic rings. The molecule has 0 amide bonds. The van der Waals surface area contributed by atoms with Gasteiger partial charge < -0.3 is 15.8 Å². The number of rotatable bonds is 5. The molecular formula is C7H14N2O3. The van der Waals surface area contributed by atoms with E-state index < -0.39 is 11.9 Å². The molecule has 0 heterocycles. The highest BCUT2D eigenvalue weighted by atomic mass is 16.6. The highest BCUT2D eigenvalue weighted by molar-refractivity contribution is 5.85. The Morgan fingerprint density at radius 3 is 2.67 bits per heavy atom. The fraction of sp³-hybridized carbons (Fsp3) is 0.714.